The number of aliphatic hydroxyl groups is 1. The van der Waals surface area contributed by atoms with E-state index in [9.17, 15) is 14.7 Å². The fraction of sp³-hybridized carbons (Fsp3) is 0.0909. The summed E-state index contributed by atoms with van der Waals surface area (Å²) >= 11 is 2.17. The zero-order valence-electron chi connectivity index (χ0n) is 14.8. The molecule has 0 atom stereocenters. The maximum absolute atomic E-state index is 12.8. The Hall–Kier alpha value is -2.71. The van der Waals surface area contributed by atoms with Crippen LogP contribution in [0.15, 0.2) is 84.9 Å². The van der Waals surface area contributed by atoms with Crippen molar-refractivity contribution in [1.82, 2.24) is 0 Å². The minimum atomic E-state index is -2.01. The van der Waals surface area contributed by atoms with Crippen molar-refractivity contribution in [2.24, 2.45) is 0 Å². The number of nitrogens with one attached hydrogen (secondary N) is 1. The number of hydrogen-bond acceptors (Lipinski definition) is 4. The number of carbonyl (C=O) groups is 2. The zero-order valence-corrected chi connectivity index (χ0v) is 17.0. The Kier molecular flexibility index (Phi) is 6.43. The molecule has 0 unspecified atom stereocenters. The smallest absolute Gasteiger partial charge is 0.348 e. The van der Waals surface area contributed by atoms with Gasteiger partial charge in [-0.1, -0.05) is 60.7 Å². The van der Waals surface area contributed by atoms with E-state index in [0.29, 0.717) is 16.8 Å². The third kappa shape index (κ3) is 4.58. The van der Waals surface area contributed by atoms with Crippen LogP contribution in [0.1, 0.15) is 11.1 Å². The van der Waals surface area contributed by atoms with Gasteiger partial charge < -0.3 is 15.2 Å². The average Bonchev–Trinajstić information content (AvgIpc) is 2.74. The number of ether oxygens (including phenoxy) is 1. The second-order valence-electron chi connectivity index (χ2n) is 6.07. The highest BCUT2D eigenvalue weighted by Crippen LogP contribution is 2.31. The first kappa shape index (κ1) is 20.0. The summed E-state index contributed by atoms with van der Waals surface area (Å²) < 4.78 is 6.21. The Morgan fingerprint density at radius 3 is 1.86 bits per heavy atom. The molecule has 0 aliphatic rings. The first-order valence-electron chi connectivity index (χ1n) is 8.56. The predicted molar refractivity (Wildman–Crippen MR) is 115 cm³/mol. The summed E-state index contributed by atoms with van der Waals surface area (Å²) in [7, 11) is 0. The maximum atomic E-state index is 12.8. The van der Waals surface area contributed by atoms with Crippen LogP contribution in [-0.2, 0) is 19.9 Å². The second-order valence-corrected chi connectivity index (χ2v) is 7.32. The normalized spacial score (nSPS) is 10.9. The molecule has 0 aliphatic carbocycles. The number of hydrogen-bond donors (Lipinski definition) is 2. The second kappa shape index (κ2) is 8.99. The fourth-order valence-electron chi connectivity index (χ4n) is 2.73. The number of esters is 1. The van der Waals surface area contributed by atoms with Gasteiger partial charge in [0.1, 0.15) is 0 Å². The lowest BCUT2D eigenvalue weighted by Gasteiger charge is -2.26. The van der Waals surface area contributed by atoms with Crippen LogP contribution in [0.25, 0.3) is 0 Å². The fourth-order valence-corrected chi connectivity index (χ4v) is 3.09. The molecule has 6 heteroatoms. The molecule has 142 valence electrons. The number of rotatable bonds is 6. The summed E-state index contributed by atoms with van der Waals surface area (Å²) in [5, 5.41) is 13.9. The Labute approximate surface area is 176 Å². The summed E-state index contributed by atoms with van der Waals surface area (Å²) in [5.74, 6) is -1.40. The molecule has 3 aromatic rings. The topological polar surface area (TPSA) is 75.6 Å². The first-order valence-corrected chi connectivity index (χ1v) is 9.64. The Morgan fingerprint density at radius 1 is 0.857 bits per heavy atom. The summed E-state index contributed by atoms with van der Waals surface area (Å²) in [6, 6.07) is 24.2. The standard InChI is InChI=1S/C22H18INO4/c23-18-11-13-19(14-12-18)24-20(25)15-28-21(26)22(27,16-7-3-1-4-8-16)17-9-5-2-6-10-17/h1-14,27H,15H2,(H,24,25). The van der Waals surface area contributed by atoms with Crippen molar-refractivity contribution < 1.29 is 19.4 Å². The number of halogens is 1. The lowest BCUT2D eigenvalue weighted by molar-refractivity contribution is -0.163. The Bertz CT molecular complexity index is 904. The highest BCUT2D eigenvalue weighted by molar-refractivity contribution is 14.1. The van der Waals surface area contributed by atoms with Crippen LogP contribution in [0.3, 0.4) is 0 Å². The molecule has 3 rings (SSSR count). The third-order valence-electron chi connectivity index (χ3n) is 4.14. The molecule has 0 spiro atoms. The van der Waals surface area contributed by atoms with Crippen LogP contribution in [0.5, 0.6) is 0 Å². The molecule has 0 saturated heterocycles. The Morgan fingerprint density at radius 2 is 1.36 bits per heavy atom. The molecule has 0 fully saturated rings. The molecular formula is C22H18INO4. The van der Waals surface area contributed by atoms with Crippen LogP contribution in [0.4, 0.5) is 5.69 Å². The monoisotopic (exact) mass is 487 g/mol. The van der Waals surface area contributed by atoms with E-state index in [4.69, 9.17) is 4.74 Å². The molecular weight excluding hydrogens is 469 g/mol. The van der Waals surface area contributed by atoms with E-state index in [0.717, 1.165) is 3.57 Å². The number of carbonyl (C=O) groups excluding carboxylic acids is 2. The molecule has 0 radical (unpaired) electrons. The first-order chi connectivity index (χ1) is 13.5. The van der Waals surface area contributed by atoms with Crippen LogP contribution in [0.2, 0.25) is 0 Å². The maximum Gasteiger partial charge on any atom is 0.348 e. The van der Waals surface area contributed by atoms with Gasteiger partial charge >= 0.3 is 5.97 Å². The van der Waals surface area contributed by atoms with Crippen molar-refractivity contribution in [3.05, 3.63) is 99.6 Å². The van der Waals surface area contributed by atoms with Gasteiger partial charge in [0.15, 0.2) is 6.61 Å². The molecule has 0 saturated carbocycles. The van der Waals surface area contributed by atoms with Crippen molar-refractivity contribution in [2.75, 3.05) is 11.9 Å². The molecule has 0 bridgehead atoms. The van der Waals surface area contributed by atoms with Gasteiger partial charge in [-0.15, -0.1) is 0 Å². The van der Waals surface area contributed by atoms with E-state index in [1.165, 1.54) is 0 Å². The quantitative estimate of drug-likeness (QED) is 0.411. The van der Waals surface area contributed by atoms with Gasteiger partial charge in [-0.2, -0.15) is 0 Å². The van der Waals surface area contributed by atoms with Crippen molar-refractivity contribution in [1.29, 1.82) is 0 Å². The third-order valence-corrected chi connectivity index (χ3v) is 4.86. The lowest BCUT2D eigenvalue weighted by atomic mass is 9.86. The van der Waals surface area contributed by atoms with Crippen LogP contribution in [-0.4, -0.2) is 23.6 Å². The van der Waals surface area contributed by atoms with Crippen LogP contribution in [0, 0.1) is 3.57 Å². The minimum Gasteiger partial charge on any atom is -0.453 e. The van der Waals surface area contributed by atoms with Gasteiger partial charge in [0, 0.05) is 9.26 Å². The summed E-state index contributed by atoms with van der Waals surface area (Å²) in [4.78, 5) is 24.9. The van der Waals surface area contributed by atoms with Gasteiger partial charge in [0.05, 0.1) is 0 Å². The van der Waals surface area contributed by atoms with E-state index in [1.807, 2.05) is 12.1 Å². The molecule has 3 aromatic carbocycles. The van der Waals surface area contributed by atoms with E-state index in [2.05, 4.69) is 27.9 Å². The number of anilines is 1. The zero-order chi connectivity index (χ0) is 20.0. The lowest BCUT2D eigenvalue weighted by Crippen LogP contribution is -2.39. The van der Waals surface area contributed by atoms with Gasteiger partial charge in [0.25, 0.3) is 5.91 Å². The summed E-state index contributed by atoms with van der Waals surface area (Å²) in [6.07, 6.45) is 0. The molecule has 0 aliphatic heterocycles. The van der Waals surface area contributed by atoms with Crippen molar-refractivity contribution in [2.45, 2.75) is 5.60 Å². The van der Waals surface area contributed by atoms with E-state index in [-0.39, 0.29) is 0 Å². The molecule has 2 N–H and O–H groups in total. The van der Waals surface area contributed by atoms with Gasteiger partial charge in [-0.25, -0.2) is 4.79 Å². The SMILES string of the molecule is O=C(COC(=O)C(O)(c1ccccc1)c1ccccc1)Nc1ccc(I)cc1. The Balaban J connectivity index is 1.75. The largest absolute Gasteiger partial charge is 0.453 e. The molecule has 0 heterocycles. The highest BCUT2D eigenvalue weighted by atomic mass is 127. The molecule has 28 heavy (non-hydrogen) atoms. The van der Waals surface area contributed by atoms with E-state index >= 15 is 0 Å². The van der Waals surface area contributed by atoms with Crippen molar-refractivity contribution >= 4 is 40.2 Å². The minimum absolute atomic E-state index is 0.365. The van der Waals surface area contributed by atoms with E-state index in [1.54, 1.807) is 72.8 Å². The van der Waals surface area contributed by atoms with Gasteiger partial charge in [-0.05, 0) is 58.0 Å². The average molecular weight is 487 g/mol. The van der Waals surface area contributed by atoms with Crippen LogP contribution >= 0.6 is 22.6 Å². The molecule has 0 aromatic heterocycles. The predicted octanol–water partition coefficient (Wildman–Crippen LogP) is 3.71. The van der Waals surface area contributed by atoms with Crippen molar-refractivity contribution in [3.63, 3.8) is 0 Å². The highest BCUT2D eigenvalue weighted by Gasteiger charge is 2.41. The van der Waals surface area contributed by atoms with Crippen LogP contribution < -0.4 is 5.32 Å². The molecule has 1 amide bonds. The molecule has 5 nitrogen and oxygen atoms in total. The van der Waals surface area contributed by atoms with E-state index < -0.39 is 24.1 Å². The number of amides is 1. The van der Waals surface area contributed by atoms with Crippen molar-refractivity contribution in [3.8, 4) is 0 Å². The summed E-state index contributed by atoms with van der Waals surface area (Å²) in [6.45, 7) is -0.507. The van der Waals surface area contributed by atoms with Gasteiger partial charge in [0.2, 0.25) is 5.60 Å². The number of benzene rings is 3. The summed E-state index contributed by atoms with van der Waals surface area (Å²) in [5.41, 5.74) is -0.678. The van der Waals surface area contributed by atoms with Gasteiger partial charge in [-0.3, -0.25) is 4.79 Å².